The SMILES string of the molecule is CN=C(NCCCCC(=O)OC)NCc1cccc(C(F)(F)F)c1.I. The number of halogens is 4. The Morgan fingerprint density at radius 3 is 2.56 bits per heavy atom. The summed E-state index contributed by atoms with van der Waals surface area (Å²) in [5.74, 6) is 0.243. The number of ether oxygens (including phenoxy) is 1. The van der Waals surface area contributed by atoms with Gasteiger partial charge in [-0.1, -0.05) is 12.1 Å². The Bertz CT molecular complexity index is 566. The Morgan fingerprint density at radius 1 is 1.24 bits per heavy atom. The van der Waals surface area contributed by atoms with Crippen LogP contribution in [-0.2, 0) is 22.3 Å². The molecule has 0 aliphatic heterocycles. The van der Waals surface area contributed by atoms with E-state index in [0.29, 0.717) is 30.9 Å². The Kier molecular flexibility index (Phi) is 11.2. The molecule has 1 rings (SSSR count). The molecule has 0 heterocycles. The lowest BCUT2D eigenvalue weighted by Crippen LogP contribution is -2.37. The van der Waals surface area contributed by atoms with Crippen molar-refractivity contribution in [1.29, 1.82) is 0 Å². The van der Waals surface area contributed by atoms with Gasteiger partial charge in [-0.3, -0.25) is 9.79 Å². The zero-order valence-corrected chi connectivity index (χ0v) is 16.5. The van der Waals surface area contributed by atoms with E-state index in [4.69, 9.17) is 0 Å². The fourth-order valence-electron chi connectivity index (χ4n) is 1.97. The number of rotatable bonds is 7. The maximum atomic E-state index is 12.7. The highest BCUT2D eigenvalue weighted by molar-refractivity contribution is 14.0. The minimum Gasteiger partial charge on any atom is -0.469 e. The van der Waals surface area contributed by atoms with E-state index in [-0.39, 0.29) is 36.5 Å². The summed E-state index contributed by atoms with van der Waals surface area (Å²) in [6.45, 7) is 0.824. The molecule has 2 N–H and O–H groups in total. The number of nitrogens with one attached hydrogen (secondary N) is 2. The standard InChI is InChI=1S/C16H22F3N3O2.HI/c1-20-15(21-9-4-3-8-14(23)24-2)22-11-12-6-5-7-13(10-12)16(17,18)19;/h5-7,10H,3-4,8-9,11H2,1-2H3,(H2,20,21,22);1H. The molecule has 0 fully saturated rings. The van der Waals surface area contributed by atoms with E-state index in [1.165, 1.54) is 13.2 Å². The lowest BCUT2D eigenvalue weighted by Gasteiger charge is -2.13. The van der Waals surface area contributed by atoms with Crippen molar-refractivity contribution < 1.29 is 22.7 Å². The second kappa shape index (κ2) is 11.9. The van der Waals surface area contributed by atoms with Crippen molar-refractivity contribution in [3.63, 3.8) is 0 Å². The van der Waals surface area contributed by atoms with E-state index < -0.39 is 11.7 Å². The molecular formula is C16H23F3IN3O2. The largest absolute Gasteiger partial charge is 0.469 e. The van der Waals surface area contributed by atoms with Gasteiger partial charge in [-0.05, 0) is 30.5 Å². The van der Waals surface area contributed by atoms with Crippen LogP contribution in [0, 0.1) is 0 Å². The molecule has 25 heavy (non-hydrogen) atoms. The first-order valence-corrected chi connectivity index (χ1v) is 7.54. The van der Waals surface area contributed by atoms with Crippen molar-refractivity contribution in [3.8, 4) is 0 Å². The molecule has 0 aromatic heterocycles. The number of alkyl halides is 3. The van der Waals surface area contributed by atoms with Crippen LogP contribution in [0.3, 0.4) is 0 Å². The van der Waals surface area contributed by atoms with Gasteiger partial charge in [0.1, 0.15) is 0 Å². The number of unbranched alkanes of at least 4 members (excludes halogenated alkanes) is 1. The molecular weight excluding hydrogens is 450 g/mol. The minimum atomic E-state index is -4.35. The number of aliphatic imine (C=N–C) groups is 1. The third kappa shape index (κ3) is 9.51. The summed E-state index contributed by atoms with van der Waals surface area (Å²) >= 11 is 0. The number of carbonyl (C=O) groups is 1. The van der Waals surface area contributed by atoms with Gasteiger partial charge in [0.15, 0.2) is 5.96 Å². The van der Waals surface area contributed by atoms with E-state index >= 15 is 0 Å². The van der Waals surface area contributed by atoms with Crippen molar-refractivity contribution >= 4 is 35.9 Å². The van der Waals surface area contributed by atoms with E-state index in [0.717, 1.165) is 18.6 Å². The molecule has 0 spiro atoms. The molecule has 1 aromatic carbocycles. The maximum Gasteiger partial charge on any atom is 0.416 e. The Balaban J connectivity index is 0.00000576. The van der Waals surface area contributed by atoms with Gasteiger partial charge in [0.05, 0.1) is 12.7 Å². The summed E-state index contributed by atoms with van der Waals surface area (Å²) in [6, 6.07) is 5.14. The van der Waals surface area contributed by atoms with Crippen molar-refractivity contribution in [3.05, 3.63) is 35.4 Å². The molecule has 0 unspecified atom stereocenters. The first-order chi connectivity index (χ1) is 11.4. The Labute approximate surface area is 162 Å². The summed E-state index contributed by atoms with van der Waals surface area (Å²) in [5, 5.41) is 6.00. The summed E-state index contributed by atoms with van der Waals surface area (Å²) < 4.78 is 42.5. The second-order valence-corrected chi connectivity index (χ2v) is 5.08. The summed E-state index contributed by atoms with van der Waals surface area (Å²) in [5.41, 5.74) is -0.161. The molecule has 0 atom stereocenters. The van der Waals surface area contributed by atoms with Crippen molar-refractivity contribution in [2.45, 2.75) is 32.0 Å². The molecule has 5 nitrogen and oxygen atoms in total. The van der Waals surface area contributed by atoms with E-state index in [2.05, 4.69) is 20.4 Å². The summed E-state index contributed by atoms with van der Waals surface area (Å²) in [4.78, 5) is 15.0. The molecule has 0 amide bonds. The molecule has 142 valence electrons. The third-order valence-electron chi connectivity index (χ3n) is 3.27. The lowest BCUT2D eigenvalue weighted by atomic mass is 10.1. The number of benzene rings is 1. The topological polar surface area (TPSA) is 62.7 Å². The van der Waals surface area contributed by atoms with Crippen LogP contribution in [0.15, 0.2) is 29.3 Å². The van der Waals surface area contributed by atoms with Crippen LogP contribution < -0.4 is 10.6 Å². The summed E-state index contributed by atoms with van der Waals surface area (Å²) in [7, 11) is 2.93. The number of methoxy groups -OCH3 is 1. The Morgan fingerprint density at radius 2 is 1.96 bits per heavy atom. The number of hydrogen-bond acceptors (Lipinski definition) is 3. The average molecular weight is 473 g/mol. The molecule has 0 aliphatic rings. The van der Waals surface area contributed by atoms with Gasteiger partial charge in [0, 0.05) is 26.6 Å². The zero-order chi connectivity index (χ0) is 18.0. The van der Waals surface area contributed by atoms with Crippen molar-refractivity contribution in [2.75, 3.05) is 20.7 Å². The lowest BCUT2D eigenvalue weighted by molar-refractivity contribution is -0.140. The summed E-state index contributed by atoms with van der Waals surface area (Å²) in [6.07, 6.45) is -2.56. The van der Waals surface area contributed by atoms with Crippen LogP contribution in [0.1, 0.15) is 30.4 Å². The molecule has 9 heteroatoms. The average Bonchev–Trinajstić information content (AvgIpc) is 2.56. The van der Waals surface area contributed by atoms with Gasteiger partial charge in [0.2, 0.25) is 0 Å². The van der Waals surface area contributed by atoms with E-state index in [1.807, 2.05) is 0 Å². The van der Waals surface area contributed by atoms with Gasteiger partial charge in [-0.2, -0.15) is 13.2 Å². The van der Waals surface area contributed by atoms with Gasteiger partial charge >= 0.3 is 12.1 Å². The van der Waals surface area contributed by atoms with Crippen LogP contribution in [-0.4, -0.2) is 32.6 Å². The van der Waals surface area contributed by atoms with Crippen LogP contribution >= 0.6 is 24.0 Å². The molecule has 0 saturated carbocycles. The van der Waals surface area contributed by atoms with Crippen LogP contribution in [0.4, 0.5) is 13.2 Å². The maximum absolute atomic E-state index is 12.7. The quantitative estimate of drug-likeness (QED) is 0.210. The fourth-order valence-corrected chi connectivity index (χ4v) is 1.97. The molecule has 0 aliphatic carbocycles. The van der Waals surface area contributed by atoms with E-state index in [1.54, 1.807) is 13.1 Å². The van der Waals surface area contributed by atoms with Gasteiger partial charge in [-0.15, -0.1) is 24.0 Å². The van der Waals surface area contributed by atoms with E-state index in [9.17, 15) is 18.0 Å². The second-order valence-electron chi connectivity index (χ2n) is 5.08. The molecule has 0 saturated heterocycles. The van der Waals surface area contributed by atoms with Crippen molar-refractivity contribution in [1.82, 2.24) is 10.6 Å². The monoisotopic (exact) mass is 473 g/mol. The Hall–Kier alpha value is -1.52. The normalized spacial score (nSPS) is 11.5. The third-order valence-corrected chi connectivity index (χ3v) is 3.27. The predicted octanol–water partition coefficient (Wildman–Crippen LogP) is 3.33. The predicted molar refractivity (Wildman–Crippen MR) is 101 cm³/mol. The smallest absolute Gasteiger partial charge is 0.416 e. The van der Waals surface area contributed by atoms with Crippen LogP contribution in [0.2, 0.25) is 0 Å². The molecule has 0 bridgehead atoms. The first kappa shape index (κ1) is 23.5. The number of carbonyl (C=O) groups excluding carboxylic acids is 1. The van der Waals surface area contributed by atoms with Gasteiger partial charge in [-0.25, -0.2) is 0 Å². The van der Waals surface area contributed by atoms with Crippen LogP contribution in [0.5, 0.6) is 0 Å². The van der Waals surface area contributed by atoms with Gasteiger partial charge in [0.25, 0.3) is 0 Å². The van der Waals surface area contributed by atoms with Gasteiger partial charge < -0.3 is 15.4 Å². The number of hydrogen-bond donors (Lipinski definition) is 2. The number of esters is 1. The minimum absolute atomic E-state index is 0. The van der Waals surface area contributed by atoms with Crippen molar-refractivity contribution in [2.24, 2.45) is 4.99 Å². The fraction of sp³-hybridized carbons (Fsp3) is 0.500. The molecule has 1 aromatic rings. The first-order valence-electron chi connectivity index (χ1n) is 7.54. The molecule has 0 radical (unpaired) electrons. The highest BCUT2D eigenvalue weighted by atomic mass is 127. The zero-order valence-electron chi connectivity index (χ0n) is 14.2. The number of guanidine groups is 1. The highest BCUT2D eigenvalue weighted by Crippen LogP contribution is 2.29. The number of nitrogens with zero attached hydrogens (tertiary/aromatic N) is 1. The highest BCUT2D eigenvalue weighted by Gasteiger charge is 2.30. The van der Waals surface area contributed by atoms with Crippen LogP contribution in [0.25, 0.3) is 0 Å².